The Kier molecular flexibility index (Phi) is 5.05. The zero-order valence-electron chi connectivity index (χ0n) is 16.5. The van der Waals surface area contributed by atoms with Gasteiger partial charge in [0.15, 0.2) is 0 Å². The molecule has 152 valence electrons. The molecule has 2 heterocycles. The van der Waals surface area contributed by atoms with E-state index in [2.05, 4.69) is 15.3 Å². The summed E-state index contributed by atoms with van der Waals surface area (Å²) in [6, 6.07) is 15.7. The van der Waals surface area contributed by atoms with E-state index in [0.717, 1.165) is 48.3 Å². The smallest absolute Gasteiger partial charge is 0.232 e. The lowest BCUT2D eigenvalue weighted by molar-refractivity contribution is -0.122. The Morgan fingerprint density at radius 1 is 0.933 bits per heavy atom. The fourth-order valence-electron chi connectivity index (χ4n) is 4.32. The second kappa shape index (κ2) is 8.14. The second-order valence-corrected chi connectivity index (χ2v) is 7.75. The maximum absolute atomic E-state index is 13.3. The second-order valence-electron chi connectivity index (χ2n) is 7.75. The van der Waals surface area contributed by atoms with Crippen molar-refractivity contribution in [3.63, 3.8) is 0 Å². The highest BCUT2D eigenvalue weighted by atomic mass is 16.5. The zero-order chi connectivity index (χ0) is 20.3. The van der Waals surface area contributed by atoms with E-state index in [4.69, 9.17) is 9.47 Å². The molecular formula is C24H23N3O3. The van der Waals surface area contributed by atoms with E-state index in [9.17, 15) is 4.79 Å². The van der Waals surface area contributed by atoms with Crippen molar-refractivity contribution in [1.82, 2.24) is 15.3 Å². The molecule has 30 heavy (non-hydrogen) atoms. The van der Waals surface area contributed by atoms with Crippen LogP contribution in [0.25, 0.3) is 0 Å². The van der Waals surface area contributed by atoms with E-state index in [1.54, 1.807) is 18.6 Å². The molecule has 6 nitrogen and oxygen atoms in total. The van der Waals surface area contributed by atoms with Gasteiger partial charge in [-0.05, 0) is 37.8 Å². The minimum atomic E-state index is -0.361. The molecule has 1 aliphatic heterocycles. The topological polar surface area (TPSA) is 73.3 Å². The fraction of sp³-hybridized carbons (Fsp3) is 0.292. The summed E-state index contributed by atoms with van der Waals surface area (Å²) in [7, 11) is 0. The standard InChI is InChI=1S/C24H23N3O3/c28-24(27-16-9-11-17(12-10-16)29-22-15-25-13-14-26-22)23-18-5-1-3-7-20(18)30-21-8-4-2-6-19(21)23/h1-8,13-17,23H,9-12H2,(H,27,28). The first-order chi connectivity index (χ1) is 14.8. The summed E-state index contributed by atoms with van der Waals surface area (Å²) in [5.74, 6) is 1.71. The number of fused-ring (bicyclic) bond motifs is 2. The lowest BCUT2D eigenvalue weighted by atomic mass is 9.86. The Morgan fingerprint density at radius 2 is 1.60 bits per heavy atom. The van der Waals surface area contributed by atoms with E-state index < -0.39 is 0 Å². The van der Waals surface area contributed by atoms with Crippen molar-refractivity contribution < 1.29 is 14.3 Å². The van der Waals surface area contributed by atoms with E-state index in [-0.39, 0.29) is 24.0 Å². The molecular weight excluding hydrogens is 378 g/mol. The third-order valence-corrected chi connectivity index (χ3v) is 5.79. The molecule has 2 aromatic carbocycles. The summed E-state index contributed by atoms with van der Waals surface area (Å²) in [6.45, 7) is 0. The maximum atomic E-state index is 13.3. The number of nitrogens with zero attached hydrogens (tertiary/aromatic N) is 2. The molecule has 1 aromatic heterocycles. The van der Waals surface area contributed by atoms with Crippen molar-refractivity contribution in [3.8, 4) is 17.4 Å². The van der Waals surface area contributed by atoms with Crippen molar-refractivity contribution in [2.75, 3.05) is 0 Å². The molecule has 0 unspecified atom stereocenters. The van der Waals surface area contributed by atoms with Crippen LogP contribution >= 0.6 is 0 Å². The lowest BCUT2D eigenvalue weighted by Crippen LogP contribution is -2.42. The largest absolute Gasteiger partial charge is 0.473 e. The summed E-state index contributed by atoms with van der Waals surface area (Å²) in [4.78, 5) is 21.6. The fourth-order valence-corrected chi connectivity index (χ4v) is 4.32. The summed E-state index contributed by atoms with van der Waals surface area (Å²) in [6.07, 6.45) is 8.52. The molecule has 1 saturated carbocycles. The summed E-state index contributed by atoms with van der Waals surface area (Å²) in [5, 5.41) is 3.28. The molecule has 6 heteroatoms. The molecule has 2 aliphatic rings. The first kappa shape index (κ1) is 18.6. The number of aromatic nitrogens is 2. The Bertz CT molecular complexity index is 987. The minimum absolute atomic E-state index is 0.0245. The van der Waals surface area contributed by atoms with Gasteiger partial charge in [-0.3, -0.25) is 9.78 Å². The zero-order valence-corrected chi connectivity index (χ0v) is 16.5. The summed E-state index contributed by atoms with van der Waals surface area (Å²) in [5.41, 5.74) is 1.82. The maximum Gasteiger partial charge on any atom is 0.232 e. The van der Waals surface area contributed by atoms with Crippen LogP contribution in [-0.4, -0.2) is 28.0 Å². The number of ether oxygens (including phenoxy) is 2. The number of rotatable bonds is 4. The number of para-hydroxylation sites is 2. The van der Waals surface area contributed by atoms with Crippen molar-refractivity contribution in [1.29, 1.82) is 0 Å². The lowest BCUT2D eigenvalue weighted by Gasteiger charge is -2.32. The van der Waals surface area contributed by atoms with Crippen molar-refractivity contribution in [2.24, 2.45) is 0 Å². The highest BCUT2D eigenvalue weighted by molar-refractivity contribution is 5.89. The van der Waals surface area contributed by atoms with Gasteiger partial charge in [0, 0.05) is 29.6 Å². The molecule has 0 bridgehead atoms. The predicted octanol–water partition coefficient (Wildman–Crippen LogP) is 4.22. The van der Waals surface area contributed by atoms with Crippen molar-refractivity contribution >= 4 is 5.91 Å². The predicted molar refractivity (Wildman–Crippen MR) is 112 cm³/mol. The van der Waals surface area contributed by atoms with Crippen molar-refractivity contribution in [2.45, 2.75) is 43.7 Å². The van der Waals surface area contributed by atoms with Crippen LogP contribution in [0, 0.1) is 0 Å². The average molecular weight is 401 g/mol. The average Bonchev–Trinajstić information content (AvgIpc) is 2.79. The van der Waals surface area contributed by atoms with Gasteiger partial charge in [-0.25, -0.2) is 4.98 Å². The SMILES string of the molecule is O=C(NC1CCC(Oc2cnccn2)CC1)C1c2ccccc2Oc2ccccc21. The third-order valence-electron chi connectivity index (χ3n) is 5.79. The minimum Gasteiger partial charge on any atom is -0.473 e. The molecule has 3 aromatic rings. The first-order valence-corrected chi connectivity index (χ1v) is 10.4. The highest BCUT2D eigenvalue weighted by Crippen LogP contribution is 2.44. The molecule has 0 spiro atoms. The van der Waals surface area contributed by atoms with E-state index in [1.807, 2.05) is 48.5 Å². The molecule has 1 fully saturated rings. The summed E-state index contributed by atoms with van der Waals surface area (Å²) >= 11 is 0. The van der Waals surface area contributed by atoms with Gasteiger partial charge in [-0.1, -0.05) is 36.4 Å². The van der Waals surface area contributed by atoms with Gasteiger partial charge in [-0.2, -0.15) is 0 Å². The van der Waals surface area contributed by atoms with Gasteiger partial charge in [0.25, 0.3) is 0 Å². The van der Waals surface area contributed by atoms with E-state index >= 15 is 0 Å². The highest BCUT2D eigenvalue weighted by Gasteiger charge is 2.34. The molecule has 0 radical (unpaired) electrons. The number of carbonyl (C=O) groups is 1. The van der Waals surface area contributed by atoms with Crippen LogP contribution in [0.1, 0.15) is 42.7 Å². The molecule has 5 rings (SSSR count). The molecule has 0 atom stereocenters. The van der Waals surface area contributed by atoms with Crippen LogP contribution in [0.15, 0.2) is 67.1 Å². The molecule has 1 N–H and O–H groups in total. The van der Waals surface area contributed by atoms with Gasteiger partial charge in [-0.15, -0.1) is 0 Å². The number of amides is 1. The number of benzene rings is 2. The molecule has 0 saturated heterocycles. The van der Waals surface area contributed by atoms with Crippen LogP contribution in [-0.2, 0) is 4.79 Å². The Morgan fingerprint density at radius 3 is 2.23 bits per heavy atom. The van der Waals surface area contributed by atoms with Gasteiger partial charge in [0.1, 0.15) is 17.6 Å². The van der Waals surface area contributed by atoms with Crippen LogP contribution in [0.5, 0.6) is 17.4 Å². The van der Waals surface area contributed by atoms with Gasteiger partial charge in [0.05, 0.1) is 12.1 Å². The Hall–Kier alpha value is -3.41. The van der Waals surface area contributed by atoms with Crippen molar-refractivity contribution in [3.05, 3.63) is 78.2 Å². The first-order valence-electron chi connectivity index (χ1n) is 10.4. The van der Waals surface area contributed by atoms with Crippen LogP contribution in [0.3, 0.4) is 0 Å². The van der Waals surface area contributed by atoms with E-state index in [0.29, 0.717) is 5.88 Å². The van der Waals surface area contributed by atoms with Crippen LogP contribution in [0.4, 0.5) is 0 Å². The number of carbonyl (C=O) groups excluding carboxylic acids is 1. The Balaban J connectivity index is 1.26. The molecule has 1 amide bonds. The van der Waals surface area contributed by atoms with Gasteiger partial charge < -0.3 is 14.8 Å². The molecule has 1 aliphatic carbocycles. The quantitative estimate of drug-likeness (QED) is 0.709. The number of hydrogen-bond donors (Lipinski definition) is 1. The van der Waals surface area contributed by atoms with Gasteiger partial charge in [0.2, 0.25) is 11.8 Å². The van der Waals surface area contributed by atoms with Crippen LogP contribution < -0.4 is 14.8 Å². The van der Waals surface area contributed by atoms with E-state index in [1.165, 1.54) is 0 Å². The number of hydrogen-bond acceptors (Lipinski definition) is 5. The number of nitrogens with one attached hydrogen (secondary N) is 1. The third kappa shape index (κ3) is 3.73. The van der Waals surface area contributed by atoms with Gasteiger partial charge >= 0.3 is 0 Å². The monoisotopic (exact) mass is 401 g/mol. The summed E-state index contributed by atoms with van der Waals surface area (Å²) < 4.78 is 11.9. The van der Waals surface area contributed by atoms with Crippen LogP contribution in [0.2, 0.25) is 0 Å². The normalized spacial score (nSPS) is 20.4. The Labute approximate surface area is 175 Å².